The Morgan fingerprint density at radius 3 is 2.25 bits per heavy atom. The predicted octanol–water partition coefficient (Wildman–Crippen LogP) is 0.570. The van der Waals surface area contributed by atoms with E-state index in [2.05, 4.69) is 10.1 Å². The SMILES string of the molecule is COC(=O)NS(=O)(=O)c1ccccc1C(=O)N[C@H](C(=O)O)C(C)C. The van der Waals surface area contributed by atoms with Crippen LogP contribution in [0.25, 0.3) is 0 Å². The first-order valence-corrected chi connectivity index (χ1v) is 8.32. The van der Waals surface area contributed by atoms with Crippen LogP contribution >= 0.6 is 0 Å². The van der Waals surface area contributed by atoms with Gasteiger partial charge in [0.05, 0.1) is 12.7 Å². The standard InChI is InChI=1S/C14H18N2O7S/c1-8(2)11(13(18)19)15-12(17)9-6-4-5-7-10(9)24(21,22)16-14(20)23-3/h4-8,11H,1-3H3,(H,15,17)(H,16,20)(H,18,19)/t11-/m0/s1. The van der Waals surface area contributed by atoms with E-state index in [9.17, 15) is 22.8 Å². The average molecular weight is 358 g/mol. The highest BCUT2D eigenvalue weighted by Crippen LogP contribution is 2.16. The summed E-state index contributed by atoms with van der Waals surface area (Å²) in [6, 6.07) is 3.91. The van der Waals surface area contributed by atoms with Crippen LogP contribution in [0.5, 0.6) is 0 Å². The van der Waals surface area contributed by atoms with Crippen molar-refractivity contribution in [3.63, 3.8) is 0 Å². The number of benzene rings is 1. The van der Waals surface area contributed by atoms with Crippen molar-refractivity contribution < 1.29 is 32.6 Å². The normalized spacial score (nSPS) is 12.3. The second-order valence-corrected chi connectivity index (χ2v) is 6.78. The van der Waals surface area contributed by atoms with Gasteiger partial charge in [-0.15, -0.1) is 0 Å². The summed E-state index contributed by atoms with van der Waals surface area (Å²) in [5.74, 6) is -2.54. The summed E-state index contributed by atoms with van der Waals surface area (Å²) in [6.07, 6.45) is -1.21. The molecule has 10 heteroatoms. The van der Waals surface area contributed by atoms with Gasteiger partial charge in [0, 0.05) is 0 Å². The van der Waals surface area contributed by atoms with Crippen LogP contribution in [0, 0.1) is 5.92 Å². The summed E-state index contributed by atoms with van der Waals surface area (Å²) < 4.78 is 30.2. The minimum absolute atomic E-state index is 0.291. The van der Waals surface area contributed by atoms with Gasteiger partial charge in [0.2, 0.25) is 0 Å². The zero-order chi connectivity index (χ0) is 18.5. The zero-order valence-electron chi connectivity index (χ0n) is 13.3. The maximum absolute atomic E-state index is 12.3. The first kappa shape index (κ1) is 19.4. The van der Waals surface area contributed by atoms with Crippen molar-refractivity contribution in [1.29, 1.82) is 0 Å². The third kappa shape index (κ3) is 4.69. The minimum Gasteiger partial charge on any atom is -0.480 e. The number of carboxylic acids is 1. The molecule has 0 unspecified atom stereocenters. The number of carboxylic acid groups (broad SMARTS) is 1. The van der Waals surface area contributed by atoms with Crippen LogP contribution in [-0.4, -0.2) is 44.6 Å². The highest BCUT2D eigenvalue weighted by molar-refractivity contribution is 7.90. The Labute approximate surface area is 139 Å². The van der Waals surface area contributed by atoms with Gasteiger partial charge >= 0.3 is 12.1 Å². The van der Waals surface area contributed by atoms with Crippen LogP contribution in [0.15, 0.2) is 29.2 Å². The van der Waals surface area contributed by atoms with Crippen LogP contribution in [0.4, 0.5) is 4.79 Å². The summed E-state index contributed by atoms with van der Waals surface area (Å²) >= 11 is 0. The van der Waals surface area contributed by atoms with Gasteiger partial charge < -0.3 is 15.2 Å². The summed E-state index contributed by atoms with van der Waals surface area (Å²) in [4.78, 5) is 34.1. The van der Waals surface area contributed by atoms with Gasteiger partial charge in [-0.3, -0.25) is 4.79 Å². The zero-order valence-corrected chi connectivity index (χ0v) is 14.1. The molecular formula is C14H18N2O7S. The van der Waals surface area contributed by atoms with Gasteiger partial charge in [-0.1, -0.05) is 26.0 Å². The molecule has 0 fully saturated rings. The van der Waals surface area contributed by atoms with Crippen molar-refractivity contribution in [2.45, 2.75) is 24.8 Å². The molecule has 0 saturated carbocycles. The second-order valence-electron chi connectivity index (χ2n) is 5.13. The second kappa shape index (κ2) is 7.77. The summed E-state index contributed by atoms with van der Waals surface area (Å²) in [5, 5.41) is 11.4. The molecule has 0 aliphatic rings. The summed E-state index contributed by atoms with van der Waals surface area (Å²) in [5.41, 5.74) is -0.291. The first-order valence-electron chi connectivity index (χ1n) is 6.83. The smallest absolute Gasteiger partial charge is 0.420 e. The van der Waals surface area contributed by atoms with E-state index in [1.807, 2.05) is 0 Å². The Morgan fingerprint density at radius 1 is 1.17 bits per heavy atom. The Morgan fingerprint density at radius 2 is 1.75 bits per heavy atom. The van der Waals surface area contributed by atoms with Crippen LogP contribution in [0.3, 0.4) is 0 Å². The third-order valence-corrected chi connectivity index (χ3v) is 4.41. The minimum atomic E-state index is -4.36. The number of carbonyl (C=O) groups excluding carboxylic acids is 2. The molecule has 1 atom stereocenters. The van der Waals surface area contributed by atoms with E-state index in [4.69, 9.17) is 5.11 Å². The number of hydrogen-bond donors (Lipinski definition) is 3. The van der Waals surface area contributed by atoms with E-state index in [0.29, 0.717) is 0 Å². The molecule has 1 rings (SSSR count). The lowest BCUT2D eigenvalue weighted by atomic mass is 10.0. The van der Waals surface area contributed by atoms with Gasteiger partial charge in [-0.05, 0) is 18.1 Å². The van der Waals surface area contributed by atoms with Gasteiger partial charge in [0.25, 0.3) is 15.9 Å². The highest BCUT2D eigenvalue weighted by Gasteiger charge is 2.28. The molecule has 0 saturated heterocycles. The van der Waals surface area contributed by atoms with Gasteiger partial charge in [0.1, 0.15) is 10.9 Å². The van der Waals surface area contributed by atoms with E-state index in [-0.39, 0.29) is 5.56 Å². The molecule has 0 spiro atoms. The molecule has 0 aromatic heterocycles. The number of nitrogens with one attached hydrogen (secondary N) is 2. The molecule has 0 heterocycles. The molecule has 1 aromatic rings. The predicted molar refractivity (Wildman–Crippen MR) is 82.9 cm³/mol. The van der Waals surface area contributed by atoms with Crippen molar-refractivity contribution in [3.05, 3.63) is 29.8 Å². The fourth-order valence-corrected chi connectivity index (χ4v) is 2.95. The van der Waals surface area contributed by atoms with Gasteiger partial charge in [-0.2, -0.15) is 0 Å². The quantitative estimate of drug-likeness (QED) is 0.675. The van der Waals surface area contributed by atoms with E-state index >= 15 is 0 Å². The van der Waals surface area contributed by atoms with Crippen molar-refractivity contribution in [3.8, 4) is 0 Å². The van der Waals surface area contributed by atoms with Crippen LogP contribution in [0.2, 0.25) is 0 Å². The van der Waals surface area contributed by atoms with Crippen LogP contribution < -0.4 is 10.0 Å². The molecule has 0 aliphatic heterocycles. The molecule has 3 N–H and O–H groups in total. The third-order valence-electron chi connectivity index (χ3n) is 3.04. The van der Waals surface area contributed by atoms with Crippen molar-refractivity contribution in [1.82, 2.24) is 10.0 Å². The van der Waals surface area contributed by atoms with E-state index in [1.165, 1.54) is 18.2 Å². The molecule has 0 bridgehead atoms. The molecule has 132 valence electrons. The number of methoxy groups -OCH3 is 1. The number of aliphatic carboxylic acids is 1. The largest absolute Gasteiger partial charge is 0.480 e. The summed E-state index contributed by atoms with van der Waals surface area (Å²) in [7, 11) is -3.37. The average Bonchev–Trinajstić information content (AvgIpc) is 2.51. The Kier molecular flexibility index (Phi) is 6.29. The molecule has 2 amide bonds. The van der Waals surface area contributed by atoms with Crippen LogP contribution in [-0.2, 0) is 19.6 Å². The molecule has 0 aliphatic carbocycles. The molecule has 9 nitrogen and oxygen atoms in total. The number of rotatable bonds is 6. The van der Waals surface area contributed by atoms with E-state index < -0.39 is 44.8 Å². The molecule has 24 heavy (non-hydrogen) atoms. The maximum atomic E-state index is 12.3. The Bertz CT molecular complexity index is 743. The van der Waals surface area contributed by atoms with E-state index in [0.717, 1.165) is 13.2 Å². The summed E-state index contributed by atoms with van der Waals surface area (Å²) in [6.45, 7) is 3.20. The maximum Gasteiger partial charge on any atom is 0.420 e. The van der Waals surface area contributed by atoms with Crippen molar-refractivity contribution in [2.24, 2.45) is 5.92 Å². The monoisotopic (exact) mass is 358 g/mol. The molecule has 0 radical (unpaired) electrons. The fraction of sp³-hybridized carbons (Fsp3) is 0.357. The number of hydrogen-bond acceptors (Lipinski definition) is 6. The molecule has 1 aromatic carbocycles. The first-order chi connectivity index (χ1) is 11.1. The Balaban J connectivity index is 3.20. The fourth-order valence-electron chi connectivity index (χ4n) is 1.83. The lowest BCUT2D eigenvalue weighted by molar-refractivity contribution is -0.140. The number of ether oxygens (including phenoxy) is 1. The van der Waals surface area contributed by atoms with Gasteiger partial charge in [-0.25, -0.2) is 22.7 Å². The van der Waals surface area contributed by atoms with Crippen LogP contribution in [0.1, 0.15) is 24.2 Å². The highest BCUT2D eigenvalue weighted by atomic mass is 32.2. The van der Waals surface area contributed by atoms with Gasteiger partial charge in [0.15, 0.2) is 0 Å². The van der Waals surface area contributed by atoms with Crippen molar-refractivity contribution in [2.75, 3.05) is 7.11 Å². The number of amides is 2. The number of sulfonamides is 1. The topological polar surface area (TPSA) is 139 Å². The molecular weight excluding hydrogens is 340 g/mol. The van der Waals surface area contributed by atoms with E-state index in [1.54, 1.807) is 18.6 Å². The lowest BCUT2D eigenvalue weighted by Crippen LogP contribution is -2.44. The number of carbonyl (C=O) groups is 3. The Hall–Kier alpha value is -2.62. The lowest BCUT2D eigenvalue weighted by Gasteiger charge is -2.19. The van der Waals surface area contributed by atoms with Crippen molar-refractivity contribution >= 4 is 28.0 Å².